The molecule has 0 aliphatic heterocycles. The number of nitrogens with two attached hydrogens (primary N) is 1. The van der Waals surface area contributed by atoms with Crippen molar-refractivity contribution < 1.29 is 15.0 Å². The summed E-state index contributed by atoms with van der Waals surface area (Å²) in [6.45, 7) is -0.151. The van der Waals surface area contributed by atoms with Gasteiger partial charge in [-0.15, -0.1) is 0 Å². The highest BCUT2D eigenvalue weighted by Crippen LogP contribution is 2.09. The molecule has 70 valence electrons. The van der Waals surface area contributed by atoms with Crippen LogP contribution in [0.25, 0.3) is 0 Å². The van der Waals surface area contributed by atoms with Crippen molar-refractivity contribution in [1.29, 1.82) is 0 Å². The highest BCUT2D eigenvalue weighted by Gasteiger charge is 2.15. The maximum atomic E-state index is 10.5. The minimum Gasteiger partial charge on any atom is -0.480 e. The number of aromatic nitrogens is 1. The summed E-state index contributed by atoms with van der Waals surface area (Å²) in [7, 11) is 0. The minimum atomic E-state index is -1.14. The number of aliphatic hydroxyl groups is 1. The van der Waals surface area contributed by atoms with Crippen molar-refractivity contribution in [2.75, 3.05) is 0 Å². The molecule has 13 heavy (non-hydrogen) atoms. The van der Waals surface area contributed by atoms with E-state index in [1.165, 1.54) is 12.3 Å². The molecule has 0 aliphatic rings. The molecule has 1 rings (SSSR count). The van der Waals surface area contributed by atoms with Crippen molar-refractivity contribution in [2.45, 2.75) is 12.6 Å². The minimum absolute atomic E-state index is 0.151. The fraction of sp³-hybridized carbons (Fsp3) is 0.250. The van der Waals surface area contributed by atoms with Crippen LogP contribution >= 0.6 is 0 Å². The van der Waals surface area contributed by atoms with Gasteiger partial charge in [0.05, 0.1) is 12.3 Å². The second kappa shape index (κ2) is 3.97. The first kappa shape index (κ1) is 9.63. The number of aliphatic hydroxyl groups excluding tert-OH is 1. The molecule has 4 N–H and O–H groups in total. The molecule has 1 atom stereocenters. The van der Waals surface area contributed by atoms with Crippen LogP contribution < -0.4 is 5.73 Å². The van der Waals surface area contributed by atoms with Crippen LogP contribution in [0.1, 0.15) is 17.3 Å². The molecule has 0 spiro atoms. The largest absolute Gasteiger partial charge is 0.480 e. The van der Waals surface area contributed by atoms with Gasteiger partial charge in [0.1, 0.15) is 6.04 Å². The van der Waals surface area contributed by atoms with E-state index in [1.54, 1.807) is 6.07 Å². The summed E-state index contributed by atoms with van der Waals surface area (Å²) in [5.41, 5.74) is 6.17. The van der Waals surface area contributed by atoms with Crippen LogP contribution in [0.15, 0.2) is 18.3 Å². The van der Waals surface area contributed by atoms with Crippen molar-refractivity contribution in [3.05, 3.63) is 29.6 Å². The maximum Gasteiger partial charge on any atom is 0.326 e. The first-order chi connectivity index (χ1) is 6.15. The number of carbonyl (C=O) groups is 1. The van der Waals surface area contributed by atoms with Gasteiger partial charge in [-0.2, -0.15) is 0 Å². The summed E-state index contributed by atoms with van der Waals surface area (Å²) >= 11 is 0. The summed E-state index contributed by atoms with van der Waals surface area (Å²) < 4.78 is 0. The van der Waals surface area contributed by atoms with E-state index >= 15 is 0 Å². The molecule has 0 bridgehead atoms. The zero-order valence-corrected chi connectivity index (χ0v) is 6.84. The molecule has 0 amide bonds. The lowest BCUT2D eigenvalue weighted by molar-refractivity contribution is -0.138. The highest BCUT2D eigenvalue weighted by molar-refractivity contribution is 5.74. The van der Waals surface area contributed by atoms with Crippen LogP contribution in [0.3, 0.4) is 0 Å². The Morgan fingerprint density at radius 3 is 2.92 bits per heavy atom. The van der Waals surface area contributed by atoms with Gasteiger partial charge in [-0.3, -0.25) is 9.78 Å². The molecular weight excluding hydrogens is 172 g/mol. The van der Waals surface area contributed by atoms with E-state index in [1.807, 2.05) is 0 Å². The van der Waals surface area contributed by atoms with Gasteiger partial charge in [0.2, 0.25) is 0 Å². The van der Waals surface area contributed by atoms with Gasteiger partial charge in [0, 0.05) is 6.20 Å². The van der Waals surface area contributed by atoms with Crippen molar-refractivity contribution in [1.82, 2.24) is 4.98 Å². The van der Waals surface area contributed by atoms with E-state index < -0.39 is 12.0 Å². The lowest BCUT2D eigenvalue weighted by atomic mass is 10.1. The summed E-state index contributed by atoms with van der Waals surface area (Å²) in [5, 5.41) is 17.3. The van der Waals surface area contributed by atoms with Gasteiger partial charge in [-0.1, -0.05) is 0 Å². The van der Waals surface area contributed by atoms with Crippen molar-refractivity contribution in [2.24, 2.45) is 5.73 Å². The first-order valence-electron chi connectivity index (χ1n) is 3.69. The van der Waals surface area contributed by atoms with Crippen LogP contribution in [0.2, 0.25) is 0 Å². The van der Waals surface area contributed by atoms with Gasteiger partial charge in [-0.25, -0.2) is 0 Å². The third kappa shape index (κ3) is 2.24. The van der Waals surface area contributed by atoms with E-state index in [0.29, 0.717) is 5.56 Å². The van der Waals surface area contributed by atoms with Crippen LogP contribution in [-0.4, -0.2) is 21.2 Å². The number of carboxylic acids is 1. The average molecular weight is 182 g/mol. The molecule has 1 aromatic rings. The van der Waals surface area contributed by atoms with Gasteiger partial charge in [0.15, 0.2) is 0 Å². The second-order valence-electron chi connectivity index (χ2n) is 2.56. The number of nitrogens with zero attached hydrogens (tertiary/aromatic N) is 1. The normalized spacial score (nSPS) is 12.5. The zero-order valence-electron chi connectivity index (χ0n) is 6.84. The molecule has 5 heteroatoms. The summed E-state index contributed by atoms with van der Waals surface area (Å²) in [6.07, 6.45) is 1.42. The lowest BCUT2D eigenvalue weighted by Crippen LogP contribution is -2.21. The van der Waals surface area contributed by atoms with Crippen molar-refractivity contribution >= 4 is 5.97 Å². The van der Waals surface area contributed by atoms with Gasteiger partial charge >= 0.3 is 5.97 Å². The fourth-order valence-corrected chi connectivity index (χ4v) is 0.889. The Kier molecular flexibility index (Phi) is 2.94. The maximum absolute atomic E-state index is 10.5. The molecule has 0 saturated heterocycles. The third-order valence-corrected chi connectivity index (χ3v) is 1.61. The molecule has 0 fully saturated rings. The number of hydrogen-bond donors (Lipinski definition) is 3. The van der Waals surface area contributed by atoms with E-state index in [-0.39, 0.29) is 12.3 Å². The van der Waals surface area contributed by atoms with Crippen LogP contribution in [-0.2, 0) is 11.4 Å². The second-order valence-corrected chi connectivity index (χ2v) is 2.56. The Morgan fingerprint density at radius 1 is 1.69 bits per heavy atom. The Morgan fingerprint density at radius 2 is 2.38 bits per heavy atom. The van der Waals surface area contributed by atoms with Gasteiger partial charge in [0.25, 0.3) is 0 Å². The van der Waals surface area contributed by atoms with Gasteiger partial charge in [-0.05, 0) is 17.7 Å². The lowest BCUT2D eigenvalue weighted by Gasteiger charge is -2.06. The van der Waals surface area contributed by atoms with E-state index in [9.17, 15) is 4.79 Å². The molecule has 5 nitrogen and oxygen atoms in total. The topological polar surface area (TPSA) is 96.4 Å². The molecule has 1 heterocycles. The van der Waals surface area contributed by atoms with E-state index in [0.717, 1.165) is 0 Å². The fourth-order valence-electron chi connectivity index (χ4n) is 0.889. The standard InChI is InChI=1S/C8H10N2O3/c9-7(8(12)13)6-3-5(4-11)1-2-10-6/h1-3,7,11H,4,9H2,(H,12,13)/t7-/m1/s1. The molecule has 0 aliphatic carbocycles. The number of pyridine rings is 1. The van der Waals surface area contributed by atoms with Crippen molar-refractivity contribution in [3.8, 4) is 0 Å². The van der Waals surface area contributed by atoms with Crippen LogP contribution in [0.4, 0.5) is 0 Å². The zero-order chi connectivity index (χ0) is 9.84. The Bertz CT molecular complexity index is 314. The summed E-state index contributed by atoms with van der Waals surface area (Å²) in [6, 6.07) is 1.93. The van der Waals surface area contributed by atoms with Gasteiger partial charge < -0.3 is 15.9 Å². The van der Waals surface area contributed by atoms with Crippen LogP contribution in [0.5, 0.6) is 0 Å². The smallest absolute Gasteiger partial charge is 0.326 e. The summed E-state index contributed by atoms with van der Waals surface area (Å²) in [4.78, 5) is 14.3. The average Bonchev–Trinajstić information content (AvgIpc) is 2.16. The number of hydrogen-bond acceptors (Lipinski definition) is 4. The summed E-state index contributed by atoms with van der Waals surface area (Å²) in [5.74, 6) is -1.14. The Balaban J connectivity index is 2.94. The molecule has 0 saturated carbocycles. The molecule has 1 aromatic heterocycles. The third-order valence-electron chi connectivity index (χ3n) is 1.61. The van der Waals surface area contributed by atoms with Crippen LogP contribution in [0, 0.1) is 0 Å². The molecular formula is C8H10N2O3. The molecule has 0 radical (unpaired) electrons. The SMILES string of the molecule is N[C@@H](C(=O)O)c1cc(CO)ccn1. The predicted octanol–water partition coefficient (Wildman–Crippen LogP) is -0.342. The monoisotopic (exact) mass is 182 g/mol. The van der Waals surface area contributed by atoms with E-state index in [4.69, 9.17) is 15.9 Å². The number of rotatable bonds is 3. The van der Waals surface area contributed by atoms with Crippen molar-refractivity contribution in [3.63, 3.8) is 0 Å². The quantitative estimate of drug-likeness (QED) is 0.594. The predicted molar refractivity (Wildman–Crippen MR) is 44.7 cm³/mol. The Labute approximate surface area is 74.8 Å². The highest BCUT2D eigenvalue weighted by atomic mass is 16.4. The Hall–Kier alpha value is -1.46. The van der Waals surface area contributed by atoms with E-state index in [2.05, 4.69) is 4.98 Å². The first-order valence-corrected chi connectivity index (χ1v) is 3.69. The molecule has 0 unspecified atom stereocenters. The molecule has 0 aromatic carbocycles. The number of aliphatic carboxylic acids is 1. The number of carboxylic acid groups (broad SMARTS) is 1.